The number of ether oxygens (including phenoxy) is 1. The van der Waals surface area contributed by atoms with E-state index in [0.29, 0.717) is 9.26 Å². The van der Waals surface area contributed by atoms with Gasteiger partial charge in [-0.2, -0.15) is 0 Å². The quantitative estimate of drug-likeness (QED) is 0.752. The molecule has 0 unspecified atom stereocenters. The molecule has 0 fully saturated rings. The highest BCUT2D eigenvalue weighted by Gasteiger charge is 2.08. The fourth-order valence-corrected chi connectivity index (χ4v) is 1.50. The Balaban J connectivity index is 2.92. The van der Waals surface area contributed by atoms with Crippen molar-refractivity contribution in [3.05, 3.63) is 25.9 Å². The molecule has 0 amide bonds. The summed E-state index contributed by atoms with van der Waals surface area (Å²) in [7, 11) is 1.44. The van der Waals surface area contributed by atoms with E-state index in [9.17, 15) is 9.59 Å². The number of aromatic nitrogens is 2. The molecule has 0 aliphatic heterocycles. The molecular weight excluding hydrogens is 311 g/mol. The van der Waals surface area contributed by atoms with E-state index >= 15 is 0 Å². The van der Waals surface area contributed by atoms with E-state index in [1.54, 1.807) is 6.92 Å². The van der Waals surface area contributed by atoms with Crippen LogP contribution in [0, 0.1) is 10.5 Å². The molecule has 0 spiro atoms. The molecule has 15 heavy (non-hydrogen) atoms. The summed E-state index contributed by atoms with van der Waals surface area (Å²) in [4.78, 5) is 26.9. The third kappa shape index (κ3) is 3.10. The molecule has 0 aromatic carbocycles. The monoisotopic (exact) mass is 322 g/mol. The number of carbonyl (C=O) groups excluding carboxylic acids is 1. The Bertz CT molecular complexity index is 428. The van der Waals surface area contributed by atoms with Crippen molar-refractivity contribution >= 4 is 28.4 Å². The van der Waals surface area contributed by atoms with Crippen molar-refractivity contribution in [2.75, 3.05) is 13.7 Å². The summed E-state index contributed by atoms with van der Waals surface area (Å²) in [6, 6.07) is 0. The first-order valence-electron chi connectivity index (χ1n) is 4.28. The summed E-state index contributed by atoms with van der Waals surface area (Å²) >= 11 is 1.92. The number of hydrogen-bond acceptors (Lipinski definition) is 4. The second kappa shape index (κ2) is 5.36. The van der Waals surface area contributed by atoms with E-state index in [4.69, 9.17) is 0 Å². The topological polar surface area (TPSA) is 61.2 Å². The molecule has 5 nitrogen and oxygen atoms in total. The minimum Gasteiger partial charge on any atom is -0.377 e. The van der Waals surface area contributed by atoms with Gasteiger partial charge in [0.15, 0.2) is 5.78 Å². The molecule has 1 heterocycles. The van der Waals surface area contributed by atoms with Crippen molar-refractivity contribution in [3.8, 4) is 0 Å². The maximum Gasteiger partial charge on any atom is 0.267 e. The van der Waals surface area contributed by atoms with Gasteiger partial charge in [0.1, 0.15) is 6.61 Å². The lowest BCUT2D eigenvalue weighted by atomic mass is 10.4. The number of ketones is 1. The average molecular weight is 322 g/mol. The molecule has 1 rings (SSSR count). The summed E-state index contributed by atoms with van der Waals surface area (Å²) in [5.74, 6) is -0.152. The number of Topliss-reactive ketones (excluding diaryl/α,β-unsaturated/α-hetero) is 1. The van der Waals surface area contributed by atoms with Gasteiger partial charge in [-0.15, -0.1) is 0 Å². The maximum absolute atomic E-state index is 11.7. The first kappa shape index (κ1) is 12.3. The van der Waals surface area contributed by atoms with Gasteiger partial charge in [0.2, 0.25) is 0 Å². The number of nitrogens with zero attached hydrogens (tertiary/aromatic N) is 2. The Morgan fingerprint density at radius 3 is 2.93 bits per heavy atom. The van der Waals surface area contributed by atoms with Gasteiger partial charge in [-0.05, 0) is 29.5 Å². The Hall–Kier alpha value is -0.760. The Morgan fingerprint density at radius 2 is 2.33 bits per heavy atom. The van der Waals surface area contributed by atoms with Crippen LogP contribution in [0.25, 0.3) is 0 Å². The van der Waals surface area contributed by atoms with Crippen LogP contribution in [-0.2, 0) is 16.1 Å². The Kier molecular flexibility index (Phi) is 4.40. The van der Waals surface area contributed by atoms with Crippen LogP contribution in [0.15, 0.2) is 11.1 Å². The van der Waals surface area contributed by atoms with Gasteiger partial charge in [-0.3, -0.25) is 14.2 Å². The molecule has 1 aromatic heterocycles. The summed E-state index contributed by atoms with van der Waals surface area (Å²) in [6.07, 6.45) is 1.38. The highest BCUT2D eigenvalue weighted by atomic mass is 127. The zero-order chi connectivity index (χ0) is 11.4. The van der Waals surface area contributed by atoms with Crippen LogP contribution in [-0.4, -0.2) is 29.1 Å². The maximum atomic E-state index is 11.7. The predicted molar refractivity (Wildman–Crippen MR) is 62.8 cm³/mol. The van der Waals surface area contributed by atoms with Crippen molar-refractivity contribution in [1.82, 2.24) is 9.55 Å². The number of hydrogen-bond donors (Lipinski definition) is 0. The van der Waals surface area contributed by atoms with E-state index in [0.717, 1.165) is 0 Å². The largest absolute Gasteiger partial charge is 0.377 e. The second-order valence-electron chi connectivity index (χ2n) is 3.05. The van der Waals surface area contributed by atoms with Gasteiger partial charge >= 0.3 is 0 Å². The third-order valence-corrected chi connectivity index (χ3v) is 3.05. The number of methoxy groups -OCH3 is 1. The minimum absolute atomic E-state index is 0.00988. The third-order valence-electron chi connectivity index (χ3n) is 1.81. The molecule has 0 bridgehead atoms. The fourth-order valence-electron chi connectivity index (χ4n) is 1.06. The Labute approximate surface area is 101 Å². The molecule has 0 N–H and O–H groups in total. The van der Waals surface area contributed by atoms with Crippen LogP contribution >= 0.6 is 22.6 Å². The first-order valence-corrected chi connectivity index (χ1v) is 5.36. The SMILES string of the molecule is COCC(=O)Cn1cnc(C)c(I)c1=O. The lowest BCUT2D eigenvalue weighted by Gasteiger charge is -2.05. The highest BCUT2D eigenvalue weighted by molar-refractivity contribution is 14.1. The van der Waals surface area contributed by atoms with E-state index in [1.807, 2.05) is 22.6 Å². The number of rotatable bonds is 4. The smallest absolute Gasteiger partial charge is 0.267 e. The van der Waals surface area contributed by atoms with E-state index in [-0.39, 0.29) is 24.5 Å². The van der Waals surface area contributed by atoms with Crippen molar-refractivity contribution in [2.24, 2.45) is 0 Å². The van der Waals surface area contributed by atoms with Gasteiger partial charge in [0.05, 0.1) is 22.1 Å². The normalized spacial score (nSPS) is 10.3. The average Bonchev–Trinajstić information content (AvgIpc) is 2.20. The number of aryl methyl sites for hydroxylation is 1. The van der Waals surface area contributed by atoms with Gasteiger partial charge in [0.25, 0.3) is 5.56 Å². The summed E-state index contributed by atoms with van der Waals surface area (Å²) in [6.45, 7) is 1.78. The second-order valence-corrected chi connectivity index (χ2v) is 4.13. The van der Waals surface area contributed by atoms with Crippen LogP contribution in [0.4, 0.5) is 0 Å². The highest BCUT2D eigenvalue weighted by Crippen LogP contribution is 2.01. The molecule has 6 heteroatoms. The van der Waals surface area contributed by atoms with Crippen LogP contribution in [0.5, 0.6) is 0 Å². The lowest BCUT2D eigenvalue weighted by Crippen LogP contribution is -2.28. The van der Waals surface area contributed by atoms with Gasteiger partial charge in [-0.1, -0.05) is 0 Å². The van der Waals surface area contributed by atoms with Crippen LogP contribution in [0.1, 0.15) is 5.69 Å². The van der Waals surface area contributed by atoms with E-state index in [1.165, 1.54) is 18.0 Å². The van der Waals surface area contributed by atoms with Crippen molar-refractivity contribution < 1.29 is 9.53 Å². The first-order chi connectivity index (χ1) is 7.06. The summed E-state index contributed by atoms with van der Waals surface area (Å²) in [5, 5.41) is 0. The van der Waals surface area contributed by atoms with Gasteiger partial charge < -0.3 is 4.74 Å². The molecule has 0 aliphatic rings. The molecule has 0 atom stereocenters. The molecule has 0 saturated heterocycles. The standard InChI is InChI=1S/C9H11IN2O3/c1-6-8(10)9(14)12(5-11-6)3-7(13)4-15-2/h5H,3-4H2,1-2H3. The summed E-state index contributed by atoms with van der Waals surface area (Å²) < 4.78 is 6.51. The Morgan fingerprint density at radius 1 is 1.67 bits per heavy atom. The number of carbonyl (C=O) groups is 1. The molecule has 0 saturated carbocycles. The van der Waals surface area contributed by atoms with E-state index < -0.39 is 0 Å². The molecule has 0 radical (unpaired) electrons. The van der Waals surface area contributed by atoms with Crippen LogP contribution < -0.4 is 5.56 Å². The van der Waals surface area contributed by atoms with Crippen LogP contribution in [0.2, 0.25) is 0 Å². The predicted octanol–water partition coefficient (Wildman–Crippen LogP) is 0.372. The number of halogens is 1. The molecule has 1 aromatic rings. The van der Waals surface area contributed by atoms with Crippen molar-refractivity contribution in [3.63, 3.8) is 0 Å². The fraction of sp³-hybridized carbons (Fsp3) is 0.444. The van der Waals surface area contributed by atoms with Gasteiger partial charge in [-0.25, -0.2) is 4.98 Å². The summed E-state index contributed by atoms with van der Waals surface area (Å²) in [5.41, 5.74) is 0.489. The zero-order valence-corrected chi connectivity index (χ0v) is 10.6. The lowest BCUT2D eigenvalue weighted by molar-refractivity contribution is -0.123. The molecule has 0 aliphatic carbocycles. The minimum atomic E-state index is -0.187. The van der Waals surface area contributed by atoms with Gasteiger partial charge in [0, 0.05) is 7.11 Å². The zero-order valence-electron chi connectivity index (χ0n) is 8.49. The molecular formula is C9H11IN2O3. The molecule has 82 valence electrons. The van der Waals surface area contributed by atoms with E-state index in [2.05, 4.69) is 9.72 Å². The van der Waals surface area contributed by atoms with Crippen LogP contribution in [0.3, 0.4) is 0 Å². The van der Waals surface area contributed by atoms with Crippen molar-refractivity contribution in [1.29, 1.82) is 0 Å². The van der Waals surface area contributed by atoms with Crippen molar-refractivity contribution in [2.45, 2.75) is 13.5 Å².